The number of H-pyrrole nitrogens is 1. The summed E-state index contributed by atoms with van der Waals surface area (Å²) in [6.07, 6.45) is 6.54. The Labute approximate surface area is 127 Å². The highest BCUT2D eigenvalue weighted by molar-refractivity contribution is 5.95. The minimum Gasteiger partial charge on any atom is -0.392 e. The van der Waals surface area contributed by atoms with E-state index >= 15 is 0 Å². The number of nitrogens with one attached hydrogen (secondary N) is 1. The van der Waals surface area contributed by atoms with Crippen molar-refractivity contribution in [2.75, 3.05) is 0 Å². The topological polar surface area (TPSA) is 92.0 Å². The fourth-order valence-electron chi connectivity index (χ4n) is 2.34. The smallest absolute Gasteiger partial charge is 0.241 e. The average molecular weight is 293 g/mol. The summed E-state index contributed by atoms with van der Waals surface area (Å²) in [7, 11) is 0. The third kappa shape index (κ3) is 2.75. The molecule has 1 aromatic carbocycles. The Morgan fingerprint density at radius 1 is 1.32 bits per heavy atom. The van der Waals surface area contributed by atoms with Gasteiger partial charge in [-0.3, -0.25) is 4.79 Å². The van der Waals surface area contributed by atoms with Gasteiger partial charge >= 0.3 is 0 Å². The van der Waals surface area contributed by atoms with Crippen molar-refractivity contribution in [3.8, 4) is 11.1 Å². The number of aromatic nitrogens is 2. The summed E-state index contributed by atoms with van der Waals surface area (Å²) in [5.41, 5.74) is 9.49. The number of rotatable bonds is 4. The molecule has 0 unspecified atom stereocenters. The number of nitrogens with zero attached hydrogens (tertiary/aromatic N) is 1. The molecule has 0 aliphatic rings. The molecule has 22 heavy (non-hydrogen) atoms. The Morgan fingerprint density at radius 3 is 2.95 bits per heavy atom. The van der Waals surface area contributed by atoms with Gasteiger partial charge in [0.2, 0.25) is 5.91 Å². The first-order valence-corrected chi connectivity index (χ1v) is 6.82. The van der Waals surface area contributed by atoms with Crippen molar-refractivity contribution in [1.82, 2.24) is 9.97 Å². The van der Waals surface area contributed by atoms with Crippen LogP contribution in [-0.4, -0.2) is 21.0 Å². The quantitative estimate of drug-likeness (QED) is 0.644. The number of amides is 1. The molecule has 2 aromatic heterocycles. The fraction of sp³-hybridized carbons (Fsp3) is 0.0588. The van der Waals surface area contributed by atoms with E-state index < -0.39 is 5.91 Å². The van der Waals surface area contributed by atoms with Crippen molar-refractivity contribution in [2.24, 2.45) is 5.73 Å². The second kappa shape index (κ2) is 5.83. The molecule has 0 saturated heterocycles. The predicted molar refractivity (Wildman–Crippen MR) is 85.7 cm³/mol. The lowest BCUT2D eigenvalue weighted by Crippen LogP contribution is -2.04. The minimum atomic E-state index is -0.492. The average Bonchev–Trinajstić information content (AvgIpc) is 2.95. The zero-order chi connectivity index (χ0) is 15.5. The zero-order valence-corrected chi connectivity index (χ0v) is 11.8. The van der Waals surface area contributed by atoms with Gasteiger partial charge in [-0.2, -0.15) is 0 Å². The molecule has 3 rings (SSSR count). The Bertz CT molecular complexity index is 865. The molecule has 0 atom stereocenters. The van der Waals surface area contributed by atoms with Gasteiger partial charge in [-0.05, 0) is 29.3 Å². The Hall–Kier alpha value is -2.92. The maximum atomic E-state index is 10.9. The number of fused-ring (bicyclic) bond motifs is 1. The van der Waals surface area contributed by atoms with E-state index in [0.29, 0.717) is 0 Å². The number of aliphatic hydroxyl groups is 1. The summed E-state index contributed by atoms with van der Waals surface area (Å²) in [4.78, 5) is 18.3. The number of pyridine rings is 1. The molecule has 0 radical (unpaired) electrons. The first-order chi connectivity index (χ1) is 10.7. The number of carbonyl (C=O) groups excluding carboxylic acids is 1. The number of aromatic amines is 1. The van der Waals surface area contributed by atoms with Gasteiger partial charge in [-0.1, -0.05) is 18.2 Å². The highest BCUT2D eigenvalue weighted by Crippen LogP contribution is 2.26. The van der Waals surface area contributed by atoms with Crippen molar-refractivity contribution in [3.63, 3.8) is 0 Å². The molecule has 3 aromatic rings. The fourth-order valence-corrected chi connectivity index (χ4v) is 2.34. The van der Waals surface area contributed by atoms with E-state index in [-0.39, 0.29) is 6.61 Å². The largest absolute Gasteiger partial charge is 0.392 e. The van der Waals surface area contributed by atoms with Crippen LogP contribution in [0.15, 0.2) is 48.8 Å². The van der Waals surface area contributed by atoms with Gasteiger partial charge in [0.1, 0.15) is 5.65 Å². The molecule has 5 nitrogen and oxygen atoms in total. The van der Waals surface area contributed by atoms with Gasteiger partial charge in [-0.15, -0.1) is 0 Å². The SMILES string of the molecule is NC(=O)/C=C/c1c[nH]c2ncc(-c3cccc(CO)c3)cc12. The highest BCUT2D eigenvalue weighted by atomic mass is 16.3. The van der Waals surface area contributed by atoms with Crippen LogP contribution >= 0.6 is 0 Å². The van der Waals surface area contributed by atoms with Crippen LogP contribution in [0.1, 0.15) is 11.1 Å². The first-order valence-electron chi connectivity index (χ1n) is 6.82. The van der Waals surface area contributed by atoms with E-state index in [2.05, 4.69) is 9.97 Å². The van der Waals surface area contributed by atoms with Crippen molar-refractivity contribution < 1.29 is 9.90 Å². The first kappa shape index (κ1) is 14.0. The lowest BCUT2D eigenvalue weighted by Gasteiger charge is -2.04. The number of carbonyl (C=O) groups is 1. The summed E-state index contributed by atoms with van der Waals surface area (Å²) < 4.78 is 0. The zero-order valence-electron chi connectivity index (χ0n) is 11.8. The molecular weight excluding hydrogens is 278 g/mol. The van der Waals surface area contributed by atoms with Crippen molar-refractivity contribution in [3.05, 3.63) is 59.9 Å². The molecular formula is C17H15N3O2. The number of hydrogen-bond acceptors (Lipinski definition) is 3. The molecule has 0 fully saturated rings. The van der Waals surface area contributed by atoms with Crippen molar-refractivity contribution >= 4 is 23.0 Å². The van der Waals surface area contributed by atoms with Crippen LogP contribution in [0.3, 0.4) is 0 Å². The molecule has 2 heterocycles. The number of aliphatic hydroxyl groups excluding tert-OH is 1. The monoisotopic (exact) mass is 293 g/mol. The number of hydrogen-bond donors (Lipinski definition) is 3. The van der Waals surface area contributed by atoms with Gasteiger partial charge in [0.25, 0.3) is 0 Å². The maximum Gasteiger partial charge on any atom is 0.241 e. The van der Waals surface area contributed by atoms with Crippen LogP contribution in [-0.2, 0) is 11.4 Å². The molecule has 110 valence electrons. The van der Waals surface area contributed by atoms with E-state index in [1.807, 2.05) is 30.3 Å². The third-order valence-electron chi connectivity index (χ3n) is 3.43. The number of primary amides is 1. The Kier molecular flexibility index (Phi) is 3.72. The Morgan fingerprint density at radius 2 is 2.18 bits per heavy atom. The maximum absolute atomic E-state index is 10.9. The third-order valence-corrected chi connectivity index (χ3v) is 3.43. The normalized spacial score (nSPS) is 11.3. The van der Waals surface area contributed by atoms with Crippen LogP contribution in [0, 0.1) is 0 Å². The van der Waals surface area contributed by atoms with Gasteiger partial charge in [0.05, 0.1) is 6.61 Å². The standard InChI is InChI=1S/C17H15N3O2/c18-16(22)5-4-13-8-19-17-15(13)7-14(9-20-17)12-3-1-2-11(6-12)10-21/h1-9,21H,10H2,(H2,18,22)(H,19,20)/b5-4+. The van der Waals surface area contributed by atoms with Gasteiger partial charge in [-0.25, -0.2) is 4.98 Å². The molecule has 1 amide bonds. The van der Waals surface area contributed by atoms with E-state index in [1.165, 1.54) is 6.08 Å². The van der Waals surface area contributed by atoms with Crippen LogP contribution in [0.2, 0.25) is 0 Å². The molecule has 0 bridgehead atoms. The molecule has 0 aliphatic heterocycles. The number of benzene rings is 1. The summed E-state index contributed by atoms with van der Waals surface area (Å²) in [6.45, 7) is 0.000265. The number of nitrogens with two attached hydrogens (primary N) is 1. The van der Waals surface area contributed by atoms with E-state index in [1.54, 1.807) is 18.5 Å². The van der Waals surface area contributed by atoms with Crippen LogP contribution < -0.4 is 5.73 Å². The van der Waals surface area contributed by atoms with Crippen molar-refractivity contribution in [1.29, 1.82) is 0 Å². The van der Waals surface area contributed by atoms with Crippen LogP contribution in [0.5, 0.6) is 0 Å². The minimum absolute atomic E-state index is 0.000265. The van der Waals surface area contributed by atoms with Gasteiger partial charge < -0.3 is 15.8 Å². The van der Waals surface area contributed by atoms with Crippen LogP contribution in [0.4, 0.5) is 0 Å². The second-order valence-corrected chi connectivity index (χ2v) is 4.96. The van der Waals surface area contributed by atoms with E-state index in [9.17, 15) is 9.90 Å². The predicted octanol–water partition coefficient (Wildman–Crippen LogP) is 2.22. The lowest BCUT2D eigenvalue weighted by molar-refractivity contribution is -0.113. The summed E-state index contributed by atoms with van der Waals surface area (Å²) in [5, 5.41) is 10.1. The molecule has 0 saturated carbocycles. The molecule has 5 heteroatoms. The van der Waals surface area contributed by atoms with Gasteiger partial charge in [0, 0.05) is 35.0 Å². The summed E-state index contributed by atoms with van der Waals surface area (Å²) >= 11 is 0. The molecule has 4 N–H and O–H groups in total. The van der Waals surface area contributed by atoms with Crippen molar-refractivity contribution in [2.45, 2.75) is 6.61 Å². The van der Waals surface area contributed by atoms with E-state index in [0.717, 1.165) is 33.3 Å². The van der Waals surface area contributed by atoms with Gasteiger partial charge in [0.15, 0.2) is 0 Å². The second-order valence-electron chi connectivity index (χ2n) is 4.96. The Balaban J connectivity index is 2.08. The van der Waals surface area contributed by atoms with E-state index in [4.69, 9.17) is 5.73 Å². The molecule has 0 spiro atoms. The summed E-state index contributed by atoms with van der Waals surface area (Å²) in [5.74, 6) is -0.492. The lowest BCUT2D eigenvalue weighted by atomic mass is 10.0. The molecule has 0 aliphatic carbocycles. The summed E-state index contributed by atoms with van der Waals surface area (Å²) in [6, 6.07) is 9.65. The van der Waals surface area contributed by atoms with Crippen LogP contribution in [0.25, 0.3) is 28.2 Å². The highest BCUT2D eigenvalue weighted by Gasteiger charge is 2.06.